The Morgan fingerprint density at radius 2 is 1.58 bits per heavy atom. The van der Waals surface area contributed by atoms with Gasteiger partial charge in [0.25, 0.3) is 0 Å². The molecule has 2 rings (SSSR count). The minimum atomic E-state index is -3.53. The lowest BCUT2D eigenvalue weighted by atomic mass is 10.0. The molecule has 0 spiro atoms. The van der Waals surface area contributed by atoms with Crippen LogP contribution in [0.25, 0.3) is 0 Å². The largest absolute Gasteiger partial charge is 0.354 e. The zero-order chi connectivity index (χ0) is 17.6. The molecule has 0 unspecified atom stereocenters. The van der Waals surface area contributed by atoms with Crippen molar-refractivity contribution in [2.75, 3.05) is 23.7 Å². The Labute approximate surface area is 143 Å². The van der Waals surface area contributed by atoms with Crippen molar-refractivity contribution >= 4 is 21.6 Å². The van der Waals surface area contributed by atoms with E-state index in [1.54, 1.807) is 30.3 Å². The Morgan fingerprint density at radius 3 is 2.12 bits per heavy atom. The van der Waals surface area contributed by atoms with Crippen LogP contribution in [0.4, 0.5) is 5.69 Å². The van der Waals surface area contributed by atoms with E-state index in [0.29, 0.717) is 12.2 Å². The summed E-state index contributed by atoms with van der Waals surface area (Å²) in [5.74, 6) is -0.175. The van der Waals surface area contributed by atoms with E-state index in [-0.39, 0.29) is 18.4 Å². The van der Waals surface area contributed by atoms with Crippen molar-refractivity contribution in [2.45, 2.75) is 12.8 Å². The quantitative estimate of drug-likeness (QED) is 0.837. The summed E-state index contributed by atoms with van der Waals surface area (Å²) < 4.78 is 25.1. The maximum absolute atomic E-state index is 12.2. The van der Waals surface area contributed by atoms with Crippen molar-refractivity contribution in [3.8, 4) is 0 Å². The minimum Gasteiger partial charge on any atom is -0.354 e. The Bertz CT molecular complexity index is 761. The van der Waals surface area contributed by atoms with E-state index < -0.39 is 10.0 Å². The summed E-state index contributed by atoms with van der Waals surface area (Å²) in [5, 5.41) is 2.81. The molecule has 0 aromatic heterocycles. The fraction of sp³-hybridized carbons (Fsp3) is 0.278. The molecule has 2 aromatic rings. The predicted molar refractivity (Wildman–Crippen MR) is 96.5 cm³/mol. The van der Waals surface area contributed by atoms with Crippen LogP contribution in [-0.4, -0.2) is 33.7 Å². The molecular formula is C18H22N2O3S. The van der Waals surface area contributed by atoms with Crippen LogP contribution in [0.1, 0.15) is 18.4 Å². The fourth-order valence-corrected chi connectivity index (χ4v) is 3.20. The molecule has 1 amide bonds. The average Bonchev–Trinajstić information content (AvgIpc) is 2.58. The lowest BCUT2D eigenvalue weighted by Crippen LogP contribution is -2.41. The predicted octanol–water partition coefficient (Wildman–Crippen LogP) is 2.37. The van der Waals surface area contributed by atoms with E-state index >= 15 is 0 Å². The van der Waals surface area contributed by atoms with Gasteiger partial charge in [-0.2, -0.15) is 0 Å². The highest BCUT2D eigenvalue weighted by molar-refractivity contribution is 7.92. The van der Waals surface area contributed by atoms with E-state index in [0.717, 1.165) is 16.1 Å². The normalized spacial score (nSPS) is 12.4. The number of rotatable bonds is 7. The minimum absolute atomic E-state index is 0.151. The number of nitrogens with zero attached hydrogens (tertiary/aromatic N) is 1. The number of nitrogens with one attached hydrogen (secondary N) is 1. The third-order valence-electron chi connectivity index (χ3n) is 3.71. The second-order valence-electron chi connectivity index (χ2n) is 5.72. The second kappa shape index (κ2) is 7.97. The molecule has 128 valence electrons. The molecule has 6 heteroatoms. The Kier molecular flexibility index (Phi) is 5.98. The standard InChI is InChI=1S/C18H22N2O3S/c1-15(16-9-5-3-6-10-16)13-19-18(21)14-20(24(2,22)23)17-11-7-4-8-12-17/h3-12,15H,13-14H2,1-2H3,(H,19,21)/t15-/m1/s1. The van der Waals surface area contributed by atoms with Gasteiger partial charge in [0.05, 0.1) is 11.9 Å². The van der Waals surface area contributed by atoms with Crippen LogP contribution in [-0.2, 0) is 14.8 Å². The van der Waals surface area contributed by atoms with E-state index in [1.807, 2.05) is 37.3 Å². The number of hydrogen-bond donors (Lipinski definition) is 1. The van der Waals surface area contributed by atoms with Crippen molar-refractivity contribution in [1.29, 1.82) is 0 Å². The molecule has 1 atom stereocenters. The number of carbonyl (C=O) groups excluding carboxylic acids is 1. The topological polar surface area (TPSA) is 66.5 Å². The SMILES string of the molecule is C[C@H](CNC(=O)CN(c1ccccc1)S(C)(=O)=O)c1ccccc1. The van der Waals surface area contributed by atoms with E-state index in [2.05, 4.69) is 5.32 Å². The molecule has 0 radical (unpaired) electrons. The van der Waals surface area contributed by atoms with Crippen molar-refractivity contribution in [3.63, 3.8) is 0 Å². The third-order valence-corrected chi connectivity index (χ3v) is 4.85. The molecule has 0 aliphatic carbocycles. The van der Waals surface area contributed by atoms with Crippen molar-refractivity contribution in [3.05, 3.63) is 66.2 Å². The van der Waals surface area contributed by atoms with Gasteiger partial charge in [0, 0.05) is 6.54 Å². The zero-order valence-corrected chi connectivity index (χ0v) is 14.7. The smallest absolute Gasteiger partial charge is 0.240 e. The first-order valence-corrected chi connectivity index (χ1v) is 9.57. The van der Waals surface area contributed by atoms with Crippen LogP contribution in [0.5, 0.6) is 0 Å². The highest BCUT2D eigenvalue weighted by atomic mass is 32.2. The first-order chi connectivity index (χ1) is 11.4. The third kappa shape index (κ3) is 5.09. The summed E-state index contributed by atoms with van der Waals surface area (Å²) in [6, 6.07) is 18.5. The molecule has 0 heterocycles. The summed E-state index contributed by atoms with van der Waals surface area (Å²) in [6.45, 7) is 2.24. The summed E-state index contributed by atoms with van der Waals surface area (Å²) in [4.78, 5) is 12.2. The highest BCUT2D eigenvalue weighted by Gasteiger charge is 2.20. The Balaban J connectivity index is 1.99. The Morgan fingerprint density at radius 1 is 1.04 bits per heavy atom. The van der Waals surface area contributed by atoms with Gasteiger partial charge in [-0.15, -0.1) is 0 Å². The first-order valence-electron chi connectivity index (χ1n) is 7.72. The van der Waals surface area contributed by atoms with E-state index in [1.165, 1.54) is 0 Å². The molecule has 0 bridgehead atoms. The lowest BCUT2D eigenvalue weighted by molar-refractivity contribution is -0.119. The van der Waals surface area contributed by atoms with Gasteiger partial charge in [-0.3, -0.25) is 9.10 Å². The van der Waals surface area contributed by atoms with Gasteiger partial charge in [0.2, 0.25) is 15.9 Å². The van der Waals surface area contributed by atoms with Crippen LogP contribution in [0.3, 0.4) is 0 Å². The molecular weight excluding hydrogens is 324 g/mol. The maximum Gasteiger partial charge on any atom is 0.240 e. The van der Waals surface area contributed by atoms with Gasteiger partial charge in [0.15, 0.2) is 0 Å². The van der Waals surface area contributed by atoms with Gasteiger partial charge in [-0.05, 0) is 23.6 Å². The zero-order valence-electron chi connectivity index (χ0n) is 13.8. The first kappa shape index (κ1) is 18.0. The summed E-state index contributed by atoms with van der Waals surface area (Å²) >= 11 is 0. The fourth-order valence-electron chi connectivity index (χ4n) is 2.35. The van der Waals surface area contributed by atoms with Crippen LogP contribution >= 0.6 is 0 Å². The molecule has 0 saturated heterocycles. The van der Waals surface area contributed by atoms with Gasteiger partial charge in [-0.25, -0.2) is 8.42 Å². The van der Waals surface area contributed by atoms with Crippen molar-refractivity contribution in [1.82, 2.24) is 5.32 Å². The molecule has 2 aromatic carbocycles. The molecule has 0 fully saturated rings. The Hall–Kier alpha value is -2.34. The second-order valence-corrected chi connectivity index (χ2v) is 7.63. The van der Waals surface area contributed by atoms with Crippen molar-refractivity contribution in [2.24, 2.45) is 0 Å². The average molecular weight is 346 g/mol. The van der Waals surface area contributed by atoms with Crippen LogP contribution in [0.15, 0.2) is 60.7 Å². The van der Waals surface area contributed by atoms with Crippen LogP contribution in [0, 0.1) is 0 Å². The van der Waals surface area contributed by atoms with Crippen LogP contribution < -0.4 is 9.62 Å². The number of sulfonamides is 1. The molecule has 1 N–H and O–H groups in total. The number of hydrogen-bond acceptors (Lipinski definition) is 3. The summed E-state index contributed by atoms with van der Waals surface area (Å²) in [6.07, 6.45) is 1.10. The number of amides is 1. The van der Waals surface area contributed by atoms with Crippen LogP contribution in [0.2, 0.25) is 0 Å². The molecule has 5 nitrogen and oxygen atoms in total. The number of anilines is 1. The van der Waals surface area contributed by atoms with Gasteiger partial charge in [0.1, 0.15) is 6.54 Å². The monoisotopic (exact) mass is 346 g/mol. The summed E-state index contributed by atoms with van der Waals surface area (Å²) in [7, 11) is -3.53. The van der Waals surface area contributed by atoms with Gasteiger partial charge >= 0.3 is 0 Å². The molecule has 24 heavy (non-hydrogen) atoms. The van der Waals surface area contributed by atoms with Gasteiger partial charge < -0.3 is 5.32 Å². The summed E-state index contributed by atoms with van der Waals surface area (Å²) in [5.41, 5.74) is 1.60. The number of benzene rings is 2. The lowest BCUT2D eigenvalue weighted by Gasteiger charge is -2.22. The van der Waals surface area contributed by atoms with Gasteiger partial charge in [-0.1, -0.05) is 55.5 Å². The van der Waals surface area contributed by atoms with E-state index in [4.69, 9.17) is 0 Å². The highest BCUT2D eigenvalue weighted by Crippen LogP contribution is 2.16. The molecule has 0 aliphatic heterocycles. The van der Waals surface area contributed by atoms with E-state index in [9.17, 15) is 13.2 Å². The number of para-hydroxylation sites is 1. The maximum atomic E-state index is 12.2. The van der Waals surface area contributed by atoms with Crippen molar-refractivity contribution < 1.29 is 13.2 Å². The molecule has 0 saturated carbocycles. The molecule has 0 aliphatic rings. The number of carbonyl (C=O) groups is 1.